The van der Waals surface area contributed by atoms with Crippen LogP contribution in [0.1, 0.15) is 29.3 Å². The average Bonchev–Trinajstić information content (AvgIpc) is 3.50. The zero-order chi connectivity index (χ0) is 21.9. The lowest BCUT2D eigenvalue weighted by atomic mass is 10.1. The van der Waals surface area contributed by atoms with E-state index in [0.717, 1.165) is 45.5 Å². The van der Waals surface area contributed by atoms with Gasteiger partial charge in [0.25, 0.3) is 5.91 Å². The first-order chi connectivity index (χ1) is 15.7. The highest BCUT2D eigenvalue weighted by Gasteiger charge is 2.22. The van der Waals surface area contributed by atoms with Gasteiger partial charge in [-0.3, -0.25) is 9.69 Å². The van der Waals surface area contributed by atoms with Gasteiger partial charge in [-0.15, -0.1) is 0 Å². The summed E-state index contributed by atoms with van der Waals surface area (Å²) >= 11 is 1.58. The number of nitrogens with zero attached hydrogens (tertiary/aromatic N) is 4. The van der Waals surface area contributed by atoms with E-state index in [0.29, 0.717) is 12.1 Å². The van der Waals surface area contributed by atoms with Gasteiger partial charge >= 0.3 is 0 Å². The monoisotopic (exact) mass is 440 g/mol. The van der Waals surface area contributed by atoms with Crippen molar-refractivity contribution in [1.82, 2.24) is 14.5 Å². The topological polar surface area (TPSA) is 51.0 Å². The van der Waals surface area contributed by atoms with Crippen molar-refractivity contribution < 1.29 is 4.79 Å². The van der Waals surface area contributed by atoms with Gasteiger partial charge in [-0.1, -0.05) is 60.7 Å². The molecule has 0 aliphatic rings. The summed E-state index contributed by atoms with van der Waals surface area (Å²) in [6, 6.07) is 20.3. The number of benzene rings is 3. The first-order valence-electron chi connectivity index (χ1n) is 10.9. The van der Waals surface area contributed by atoms with E-state index in [1.54, 1.807) is 23.9 Å². The van der Waals surface area contributed by atoms with Crippen LogP contribution in [0.5, 0.6) is 0 Å². The quantitative estimate of drug-likeness (QED) is 0.314. The molecule has 160 valence electrons. The SMILES string of the molecule is CCc1cccc2sc(N(CCCn3ccnc3)C(=O)c3ccc4ccccc4c3)nc12. The molecule has 6 heteroatoms. The molecule has 1 amide bonds. The zero-order valence-electron chi connectivity index (χ0n) is 17.9. The molecule has 0 N–H and O–H groups in total. The van der Waals surface area contributed by atoms with E-state index in [1.165, 1.54) is 5.56 Å². The van der Waals surface area contributed by atoms with Crippen molar-refractivity contribution in [3.8, 4) is 0 Å². The van der Waals surface area contributed by atoms with Crippen LogP contribution in [0.15, 0.2) is 79.4 Å². The number of amides is 1. The third-order valence-electron chi connectivity index (χ3n) is 5.70. The molecule has 0 spiro atoms. The van der Waals surface area contributed by atoms with E-state index in [2.05, 4.69) is 36.2 Å². The molecule has 0 saturated heterocycles. The van der Waals surface area contributed by atoms with Crippen molar-refractivity contribution in [2.45, 2.75) is 26.3 Å². The van der Waals surface area contributed by atoms with Crippen molar-refractivity contribution in [3.05, 3.63) is 90.5 Å². The van der Waals surface area contributed by atoms with Gasteiger partial charge in [0.05, 0.1) is 16.5 Å². The molecule has 32 heavy (non-hydrogen) atoms. The Hall–Kier alpha value is -3.51. The molecule has 0 saturated carbocycles. The smallest absolute Gasteiger partial charge is 0.260 e. The Kier molecular flexibility index (Phi) is 5.69. The molecule has 0 unspecified atom stereocenters. The summed E-state index contributed by atoms with van der Waals surface area (Å²) in [4.78, 5) is 24.5. The normalized spacial score (nSPS) is 11.3. The molecule has 0 radical (unpaired) electrons. The largest absolute Gasteiger partial charge is 0.337 e. The third kappa shape index (κ3) is 4.01. The van der Waals surface area contributed by atoms with Gasteiger partial charge in [0, 0.05) is 31.0 Å². The van der Waals surface area contributed by atoms with Gasteiger partial charge in [-0.2, -0.15) is 0 Å². The molecule has 5 rings (SSSR count). The number of thiazole rings is 1. The molecular formula is C26H24N4OS. The van der Waals surface area contributed by atoms with Gasteiger partial charge in [0.15, 0.2) is 5.13 Å². The predicted molar refractivity (Wildman–Crippen MR) is 131 cm³/mol. The number of hydrogen-bond acceptors (Lipinski definition) is 4. The fourth-order valence-corrected chi connectivity index (χ4v) is 5.03. The van der Waals surface area contributed by atoms with Crippen LogP contribution >= 0.6 is 11.3 Å². The Bertz CT molecular complexity index is 1370. The highest BCUT2D eigenvalue weighted by molar-refractivity contribution is 7.22. The molecule has 5 aromatic rings. The van der Waals surface area contributed by atoms with Gasteiger partial charge in [0.2, 0.25) is 0 Å². The van der Waals surface area contributed by atoms with E-state index >= 15 is 0 Å². The van der Waals surface area contributed by atoms with E-state index in [1.807, 2.05) is 52.1 Å². The van der Waals surface area contributed by atoms with Gasteiger partial charge in [0.1, 0.15) is 0 Å². The summed E-state index contributed by atoms with van der Waals surface area (Å²) in [5.74, 6) is -0.0153. The van der Waals surface area contributed by atoms with Crippen LogP contribution in [0.3, 0.4) is 0 Å². The lowest BCUT2D eigenvalue weighted by Crippen LogP contribution is -2.32. The predicted octanol–water partition coefficient (Wildman–Crippen LogP) is 5.95. The fourth-order valence-electron chi connectivity index (χ4n) is 3.99. The van der Waals surface area contributed by atoms with Gasteiger partial charge < -0.3 is 4.57 Å². The number of carbonyl (C=O) groups excluding carboxylic acids is 1. The van der Waals surface area contributed by atoms with Crippen LogP contribution in [0.2, 0.25) is 0 Å². The maximum atomic E-state index is 13.7. The number of aryl methyl sites for hydroxylation is 2. The number of hydrogen-bond donors (Lipinski definition) is 0. The minimum Gasteiger partial charge on any atom is -0.337 e. The summed E-state index contributed by atoms with van der Waals surface area (Å²) in [6.07, 6.45) is 7.26. The number of aromatic nitrogens is 3. The van der Waals surface area contributed by atoms with Crippen LogP contribution in [-0.2, 0) is 13.0 Å². The number of carbonyl (C=O) groups is 1. The van der Waals surface area contributed by atoms with Crippen LogP contribution in [0.4, 0.5) is 5.13 Å². The standard InChI is InChI=1S/C26H24N4OS/c1-2-19-9-5-10-23-24(19)28-26(32-23)30(15-6-14-29-16-13-27-18-29)25(31)22-12-11-20-7-3-4-8-21(20)17-22/h3-5,7-13,16-18H,2,6,14-15H2,1H3. The molecule has 0 atom stereocenters. The highest BCUT2D eigenvalue weighted by Crippen LogP contribution is 2.32. The number of anilines is 1. The van der Waals surface area contributed by atoms with Crippen LogP contribution in [-0.4, -0.2) is 27.0 Å². The van der Waals surface area contributed by atoms with E-state index in [4.69, 9.17) is 4.98 Å². The van der Waals surface area contributed by atoms with Gasteiger partial charge in [-0.25, -0.2) is 9.97 Å². The van der Waals surface area contributed by atoms with Crippen LogP contribution in [0, 0.1) is 0 Å². The average molecular weight is 441 g/mol. The van der Waals surface area contributed by atoms with Crippen molar-refractivity contribution in [3.63, 3.8) is 0 Å². The highest BCUT2D eigenvalue weighted by atomic mass is 32.1. The summed E-state index contributed by atoms with van der Waals surface area (Å²) in [6.45, 7) is 3.52. The molecule has 2 heterocycles. The van der Waals surface area contributed by atoms with Crippen molar-refractivity contribution in [2.75, 3.05) is 11.4 Å². The second kappa shape index (κ2) is 8.93. The summed E-state index contributed by atoms with van der Waals surface area (Å²) in [5.41, 5.74) is 2.89. The molecular weight excluding hydrogens is 416 g/mol. The van der Waals surface area contributed by atoms with Crippen molar-refractivity contribution in [2.24, 2.45) is 0 Å². The molecule has 3 aromatic carbocycles. The zero-order valence-corrected chi connectivity index (χ0v) is 18.8. The third-order valence-corrected chi connectivity index (χ3v) is 6.75. The number of rotatable bonds is 7. The molecule has 0 aliphatic heterocycles. The Morgan fingerprint density at radius 3 is 2.75 bits per heavy atom. The summed E-state index contributed by atoms with van der Waals surface area (Å²) in [5, 5.41) is 2.95. The minimum atomic E-state index is -0.0153. The Balaban J connectivity index is 1.50. The van der Waals surface area contributed by atoms with Crippen LogP contribution in [0.25, 0.3) is 21.0 Å². The number of para-hydroxylation sites is 1. The number of fused-ring (bicyclic) bond motifs is 2. The Labute approximate surface area is 191 Å². The summed E-state index contributed by atoms with van der Waals surface area (Å²) in [7, 11) is 0. The van der Waals surface area contributed by atoms with E-state index in [9.17, 15) is 4.79 Å². The molecule has 5 nitrogen and oxygen atoms in total. The van der Waals surface area contributed by atoms with E-state index in [-0.39, 0.29) is 5.91 Å². The maximum absolute atomic E-state index is 13.7. The first-order valence-corrected chi connectivity index (χ1v) is 11.7. The summed E-state index contributed by atoms with van der Waals surface area (Å²) < 4.78 is 3.15. The molecule has 2 aromatic heterocycles. The Morgan fingerprint density at radius 2 is 1.94 bits per heavy atom. The number of imidazole rings is 1. The van der Waals surface area contributed by atoms with Crippen molar-refractivity contribution >= 4 is 43.4 Å². The van der Waals surface area contributed by atoms with Crippen LogP contribution < -0.4 is 4.90 Å². The second-order valence-corrected chi connectivity index (χ2v) is 8.80. The van der Waals surface area contributed by atoms with Gasteiger partial charge in [-0.05, 0) is 47.4 Å². The second-order valence-electron chi connectivity index (χ2n) is 7.79. The molecule has 0 fully saturated rings. The van der Waals surface area contributed by atoms with Crippen molar-refractivity contribution in [1.29, 1.82) is 0 Å². The minimum absolute atomic E-state index is 0.0153. The lowest BCUT2D eigenvalue weighted by molar-refractivity contribution is 0.0986. The van der Waals surface area contributed by atoms with E-state index < -0.39 is 0 Å². The lowest BCUT2D eigenvalue weighted by Gasteiger charge is -2.20. The molecule has 0 bridgehead atoms. The Morgan fingerprint density at radius 1 is 1.06 bits per heavy atom. The fraction of sp³-hybridized carbons (Fsp3) is 0.192. The first kappa shape index (κ1) is 20.4. The maximum Gasteiger partial charge on any atom is 0.260 e. The molecule has 0 aliphatic carbocycles.